The van der Waals surface area contributed by atoms with Crippen LogP contribution in [-0.2, 0) is 4.74 Å². The predicted molar refractivity (Wildman–Crippen MR) is 116 cm³/mol. The highest BCUT2D eigenvalue weighted by molar-refractivity contribution is 9.10. The number of carbonyl (C=O) groups excluding carboxylic acids is 1. The Hall–Kier alpha value is -1.96. The van der Waals surface area contributed by atoms with E-state index in [1.54, 1.807) is 25.3 Å². The summed E-state index contributed by atoms with van der Waals surface area (Å²) in [5, 5.41) is 6.08. The Morgan fingerprint density at radius 3 is 2.37 bits per heavy atom. The fourth-order valence-corrected chi connectivity index (χ4v) is 3.38. The molecule has 5 nitrogen and oxygen atoms in total. The molecule has 0 atom stereocenters. The first-order valence-electron chi connectivity index (χ1n) is 8.43. The molecule has 0 spiro atoms. The summed E-state index contributed by atoms with van der Waals surface area (Å²) in [6.07, 6.45) is 0. The summed E-state index contributed by atoms with van der Waals surface area (Å²) in [7, 11) is 1.61. The number of aryl methyl sites for hydroxylation is 3. The maximum atomic E-state index is 12.5. The quantitative estimate of drug-likeness (QED) is 0.500. The van der Waals surface area contributed by atoms with Crippen molar-refractivity contribution in [2.24, 2.45) is 0 Å². The van der Waals surface area contributed by atoms with E-state index in [2.05, 4.69) is 38.7 Å². The number of methoxy groups -OCH3 is 1. The Kier molecular flexibility index (Phi) is 7.77. The third kappa shape index (κ3) is 6.02. The topological polar surface area (TPSA) is 59.6 Å². The average Bonchev–Trinajstić information content (AvgIpc) is 2.59. The molecule has 1 amide bonds. The van der Waals surface area contributed by atoms with Crippen LogP contribution in [0.15, 0.2) is 34.8 Å². The number of rotatable bonds is 6. The van der Waals surface area contributed by atoms with Crippen LogP contribution in [0.2, 0.25) is 0 Å². The summed E-state index contributed by atoms with van der Waals surface area (Å²) >= 11 is 8.72. The van der Waals surface area contributed by atoms with Crippen molar-refractivity contribution >= 4 is 44.9 Å². The molecule has 2 rings (SSSR count). The van der Waals surface area contributed by atoms with Gasteiger partial charge in [0.1, 0.15) is 12.4 Å². The van der Waals surface area contributed by atoms with E-state index in [1.807, 2.05) is 20.8 Å². The Labute approximate surface area is 173 Å². The van der Waals surface area contributed by atoms with Gasteiger partial charge in [0.05, 0.1) is 11.1 Å². The van der Waals surface area contributed by atoms with Crippen molar-refractivity contribution in [2.75, 3.05) is 25.6 Å². The van der Waals surface area contributed by atoms with E-state index in [9.17, 15) is 4.79 Å². The van der Waals surface area contributed by atoms with Crippen LogP contribution in [0, 0.1) is 20.8 Å². The molecule has 0 aliphatic rings. The Morgan fingerprint density at radius 2 is 1.78 bits per heavy atom. The van der Waals surface area contributed by atoms with Gasteiger partial charge >= 0.3 is 0 Å². The highest BCUT2D eigenvalue weighted by atomic mass is 79.9. The summed E-state index contributed by atoms with van der Waals surface area (Å²) in [5.41, 5.74) is 4.72. The molecule has 27 heavy (non-hydrogen) atoms. The first-order chi connectivity index (χ1) is 12.8. The first-order valence-corrected chi connectivity index (χ1v) is 9.63. The molecule has 0 saturated carbocycles. The fourth-order valence-electron chi connectivity index (χ4n) is 2.69. The van der Waals surface area contributed by atoms with Crippen molar-refractivity contribution in [1.29, 1.82) is 0 Å². The van der Waals surface area contributed by atoms with Gasteiger partial charge in [0.25, 0.3) is 5.91 Å². The number of benzene rings is 2. The normalized spacial score (nSPS) is 10.4. The van der Waals surface area contributed by atoms with E-state index in [0.29, 0.717) is 29.0 Å². The molecule has 2 aromatic rings. The van der Waals surface area contributed by atoms with Crippen molar-refractivity contribution < 1.29 is 14.3 Å². The molecule has 2 aromatic carbocycles. The molecule has 0 bridgehead atoms. The molecule has 7 heteroatoms. The molecular weight excluding hydrogens is 428 g/mol. The lowest BCUT2D eigenvalue weighted by Gasteiger charge is -2.15. The minimum atomic E-state index is -0.293. The highest BCUT2D eigenvalue weighted by Crippen LogP contribution is 2.26. The summed E-state index contributed by atoms with van der Waals surface area (Å²) in [4.78, 5) is 12.5. The SMILES string of the molecule is COCCOc1ccc(C(=O)NC(=S)Nc2c(C)cc(C)cc2C)cc1Br. The lowest BCUT2D eigenvalue weighted by Crippen LogP contribution is -2.34. The minimum Gasteiger partial charge on any atom is -0.490 e. The maximum absolute atomic E-state index is 12.5. The molecule has 2 N–H and O–H groups in total. The van der Waals surface area contributed by atoms with Gasteiger partial charge in [0.15, 0.2) is 5.11 Å². The monoisotopic (exact) mass is 450 g/mol. The van der Waals surface area contributed by atoms with Gasteiger partial charge in [0, 0.05) is 18.4 Å². The number of carbonyl (C=O) groups is 1. The van der Waals surface area contributed by atoms with Crippen molar-refractivity contribution in [3.63, 3.8) is 0 Å². The number of nitrogens with one attached hydrogen (secondary N) is 2. The second-order valence-electron chi connectivity index (χ2n) is 6.17. The van der Waals surface area contributed by atoms with Crippen LogP contribution in [0.3, 0.4) is 0 Å². The average molecular weight is 451 g/mol. The summed E-state index contributed by atoms with van der Waals surface area (Å²) < 4.78 is 11.2. The second-order valence-corrected chi connectivity index (χ2v) is 7.43. The maximum Gasteiger partial charge on any atom is 0.257 e. The lowest BCUT2D eigenvalue weighted by molar-refractivity contribution is 0.0977. The van der Waals surface area contributed by atoms with Crippen LogP contribution in [0.4, 0.5) is 5.69 Å². The molecule has 0 fully saturated rings. The van der Waals surface area contributed by atoms with Crippen LogP contribution < -0.4 is 15.4 Å². The van der Waals surface area contributed by atoms with Crippen LogP contribution >= 0.6 is 28.1 Å². The van der Waals surface area contributed by atoms with E-state index in [0.717, 1.165) is 16.8 Å². The van der Waals surface area contributed by atoms with Crippen molar-refractivity contribution in [3.8, 4) is 5.75 Å². The number of ether oxygens (including phenoxy) is 2. The van der Waals surface area contributed by atoms with E-state index in [-0.39, 0.29) is 11.0 Å². The fraction of sp³-hybridized carbons (Fsp3) is 0.300. The number of amides is 1. The zero-order valence-corrected chi connectivity index (χ0v) is 18.2. The molecular formula is C20H23BrN2O3S. The standard InChI is InChI=1S/C20H23BrN2O3S/c1-12-9-13(2)18(14(3)10-12)22-20(27)23-19(24)15-5-6-17(16(21)11-15)26-8-7-25-4/h5-6,9-11H,7-8H2,1-4H3,(H2,22,23,24,27). The highest BCUT2D eigenvalue weighted by Gasteiger charge is 2.12. The minimum absolute atomic E-state index is 0.256. The zero-order valence-electron chi connectivity index (χ0n) is 15.8. The third-order valence-electron chi connectivity index (χ3n) is 3.88. The second kappa shape index (κ2) is 9.82. The Balaban J connectivity index is 2.02. The zero-order chi connectivity index (χ0) is 20.0. The summed E-state index contributed by atoms with van der Waals surface area (Å²) in [6.45, 7) is 6.99. The van der Waals surface area contributed by atoms with Gasteiger partial charge in [-0.25, -0.2) is 0 Å². The number of hydrogen-bond donors (Lipinski definition) is 2. The summed E-state index contributed by atoms with van der Waals surface area (Å²) in [6, 6.07) is 9.26. The van der Waals surface area contributed by atoms with E-state index < -0.39 is 0 Å². The number of halogens is 1. The summed E-state index contributed by atoms with van der Waals surface area (Å²) in [5.74, 6) is 0.356. The number of anilines is 1. The van der Waals surface area contributed by atoms with Gasteiger partial charge in [-0.15, -0.1) is 0 Å². The Bertz CT molecular complexity index is 832. The van der Waals surface area contributed by atoms with Crippen LogP contribution in [0.25, 0.3) is 0 Å². The molecule has 144 valence electrons. The lowest BCUT2D eigenvalue weighted by atomic mass is 10.1. The predicted octanol–water partition coefficient (Wildman–Crippen LogP) is 4.53. The van der Waals surface area contributed by atoms with Gasteiger partial charge in [-0.3, -0.25) is 10.1 Å². The molecule has 0 aliphatic heterocycles. The van der Waals surface area contributed by atoms with Gasteiger partial charge in [-0.05, 0) is 78.2 Å². The molecule has 0 heterocycles. The molecule has 0 unspecified atom stereocenters. The third-order valence-corrected chi connectivity index (χ3v) is 4.71. The Morgan fingerprint density at radius 1 is 1.11 bits per heavy atom. The van der Waals surface area contributed by atoms with E-state index in [4.69, 9.17) is 21.7 Å². The molecule has 0 aromatic heterocycles. The van der Waals surface area contributed by atoms with Crippen molar-refractivity contribution in [1.82, 2.24) is 5.32 Å². The first kappa shape index (κ1) is 21.3. The number of hydrogen-bond acceptors (Lipinski definition) is 4. The van der Waals surface area contributed by atoms with Crippen molar-refractivity contribution in [3.05, 3.63) is 57.1 Å². The molecule has 0 aliphatic carbocycles. The number of thiocarbonyl (C=S) groups is 1. The van der Waals surface area contributed by atoms with Crippen LogP contribution in [0.1, 0.15) is 27.0 Å². The van der Waals surface area contributed by atoms with Gasteiger partial charge in [0.2, 0.25) is 0 Å². The van der Waals surface area contributed by atoms with Gasteiger partial charge in [-0.1, -0.05) is 17.7 Å². The van der Waals surface area contributed by atoms with E-state index >= 15 is 0 Å². The molecule has 0 saturated heterocycles. The van der Waals surface area contributed by atoms with Crippen LogP contribution in [0.5, 0.6) is 5.75 Å². The van der Waals surface area contributed by atoms with E-state index in [1.165, 1.54) is 5.56 Å². The van der Waals surface area contributed by atoms with Crippen LogP contribution in [-0.4, -0.2) is 31.3 Å². The smallest absolute Gasteiger partial charge is 0.257 e. The van der Waals surface area contributed by atoms with Gasteiger partial charge in [-0.2, -0.15) is 0 Å². The van der Waals surface area contributed by atoms with Crippen molar-refractivity contribution in [2.45, 2.75) is 20.8 Å². The largest absolute Gasteiger partial charge is 0.490 e. The van der Waals surface area contributed by atoms with Gasteiger partial charge < -0.3 is 14.8 Å². The molecule has 0 radical (unpaired) electrons.